The molecule has 1 atom stereocenters. The zero-order valence-corrected chi connectivity index (χ0v) is 14.2. The van der Waals surface area contributed by atoms with Gasteiger partial charge in [0.1, 0.15) is 12.1 Å². The van der Waals surface area contributed by atoms with Gasteiger partial charge < -0.3 is 16.0 Å². The molecule has 8 nitrogen and oxygen atoms in total. The van der Waals surface area contributed by atoms with Crippen LogP contribution in [0, 0.1) is 11.6 Å². The molecular formula is C16H18F2N4O4. The van der Waals surface area contributed by atoms with Crippen LogP contribution in [0.1, 0.15) is 20.3 Å². The van der Waals surface area contributed by atoms with Crippen molar-refractivity contribution in [3.8, 4) is 0 Å². The number of urea groups is 1. The molecule has 3 N–H and O–H groups in total. The molecule has 1 heterocycles. The third-order valence-corrected chi connectivity index (χ3v) is 4.00. The first-order valence-electron chi connectivity index (χ1n) is 7.82. The zero-order chi connectivity index (χ0) is 19.5. The molecule has 2 rings (SSSR count). The fourth-order valence-electron chi connectivity index (χ4n) is 2.29. The van der Waals surface area contributed by atoms with Gasteiger partial charge in [-0.05, 0) is 25.5 Å². The number of halogens is 2. The lowest BCUT2D eigenvalue weighted by Crippen LogP contribution is -2.45. The Morgan fingerprint density at radius 1 is 1.19 bits per heavy atom. The smallest absolute Gasteiger partial charge is 0.325 e. The summed E-state index contributed by atoms with van der Waals surface area (Å²) >= 11 is 0. The second-order valence-electron chi connectivity index (χ2n) is 5.96. The van der Waals surface area contributed by atoms with Gasteiger partial charge in [-0.1, -0.05) is 6.92 Å². The molecule has 0 aromatic heterocycles. The molecule has 0 unspecified atom stereocenters. The summed E-state index contributed by atoms with van der Waals surface area (Å²) in [5, 5.41) is 7.03. The normalized spacial score (nSPS) is 19.3. The minimum absolute atomic E-state index is 0.0240. The van der Waals surface area contributed by atoms with E-state index < -0.39 is 54.0 Å². The molecule has 0 saturated carbocycles. The molecule has 1 aromatic carbocycles. The first-order valence-corrected chi connectivity index (χ1v) is 7.82. The summed E-state index contributed by atoms with van der Waals surface area (Å²) in [7, 11) is 0. The summed E-state index contributed by atoms with van der Waals surface area (Å²) in [5.41, 5.74) is -1.03. The topological polar surface area (TPSA) is 108 Å². The number of hydrogen-bond donors (Lipinski definition) is 3. The summed E-state index contributed by atoms with van der Waals surface area (Å²) in [5.74, 6) is -4.09. The van der Waals surface area contributed by atoms with E-state index >= 15 is 0 Å². The van der Waals surface area contributed by atoms with Crippen molar-refractivity contribution < 1.29 is 28.0 Å². The van der Waals surface area contributed by atoms with E-state index in [4.69, 9.17) is 0 Å². The number of nitrogens with one attached hydrogen (secondary N) is 3. The van der Waals surface area contributed by atoms with Gasteiger partial charge in [0.15, 0.2) is 11.6 Å². The highest BCUT2D eigenvalue weighted by Gasteiger charge is 2.46. The molecule has 0 spiro atoms. The van der Waals surface area contributed by atoms with E-state index in [-0.39, 0.29) is 5.69 Å². The average molecular weight is 368 g/mol. The lowest BCUT2D eigenvalue weighted by atomic mass is 9.99. The first kappa shape index (κ1) is 19.3. The van der Waals surface area contributed by atoms with Crippen molar-refractivity contribution in [2.24, 2.45) is 0 Å². The van der Waals surface area contributed by atoms with Crippen LogP contribution in [0.3, 0.4) is 0 Å². The van der Waals surface area contributed by atoms with Crippen LogP contribution in [0.25, 0.3) is 0 Å². The Labute approximate surface area is 147 Å². The Bertz CT molecular complexity index is 771. The highest BCUT2D eigenvalue weighted by molar-refractivity contribution is 6.09. The van der Waals surface area contributed by atoms with Gasteiger partial charge in [0.25, 0.3) is 5.91 Å². The Kier molecular flexibility index (Phi) is 5.53. The van der Waals surface area contributed by atoms with Gasteiger partial charge in [0.05, 0.1) is 6.54 Å². The van der Waals surface area contributed by atoms with Crippen LogP contribution < -0.4 is 16.0 Å². The molecule has 0 bridgehead atoms. The van der Waals surface area contributed by atoms with Gasteiger partial charge in [-0.3, -0.25) is 19.3 Å². The fraction of sp³-hybridized carbons (Fsp3) is 0.375. The number of benzene rings is 1. The second-order valence-corrected chi connectivity index (χ2v) is 5.96. The number of amides is 5. The predicted molar refractivity (Wildman–Crippen MR) is 86.9 cm³/mol. The highest BCUT2D eigenvalue weighted by atomic mass is 19.2. The van der Waals surface area contributed by atoms with Crippen LogP contribution in [0.2, 0.25) is 0 Å². The van der Waals surface area contributed by atoms with Gasteiger partial charge in [-0.15, -0.1) is 0 Å². The third-order valence-electron chi connectivity index (χ3n) is 4.00. The Hall–Kier alpha value is -3.04. The molecule has 1 fully saturated rings. The Morgan fingerprint density at radius 3 is 2.46 bits per heavy atom. The maximum atomic E-state index is 13.1. The minimum Gasteiger partial charge on any atom is -0.345 e. The molecule has 26 heavy (non-hydrogen) atoms. The van der Waals surface area contributed by atoms with E-state index in [1.807, 2.05) is 0 Å². The van der Waals surface area contributed by atoms with Crippen LogP contribution in [0.15, 0.2) is 18.2 Å². The molecule has 1 saturated heterocycles. The maximum absolute atomic E-state index is 13.1. The lowest BCUT2D eigenvalue weighted by molar-refractivity contribution is -0.134. The van der Waals surface area contributed by atoms with E-state index in [9.17, 15) is 28.0 Å². The van der Waals surface area contributed by atoms with Crippen LogP contribution in [-0.2, 0) is 14.4 Å². The number of imide groups is 1. The van der Waals surface area contributed by atoms with Crippen molar-refractivity contribution in [2.75, 3.05) is 18.4 Å². The molecule has 5 amide bonds. The number of carbonyl (C=O) groups is 4. The average Bonchev–Trinajstić information content (AvgIpc) is 2.80. The summed E-state index contributed by atoms with van der Waals surface area (Å²) in [6, 6.07) is 2.14. The summed E-state index contributed by atoms with van der Waals surface area (Å²) < 4.78 is 25.9. The van der Waals surface area contributed by atoms with Crippen LogP contribution in [-0.4, -0.2) is 47.3 Å². The monoisotopic (exact) mass is 368 g/mol. The lowest BCUT2D eigenvalue weighted by Gasteiger charge is -2.19. The molecule has 1 aliphatic rings. The first-order chi connectivity index (χ1) is 12.2. The Balaban J connectivity index is 1.85. The van der Waals surface area contributed by atoms with Gasteiger partial charge in [0.2, 0.25) is 11.8 Å². The number of carbonyl (C=O) groups excluding carboxylic acids is 4. The fourth-order valence-corrected chi connectivity index (χ4v) is 2.29. The maximum Gasteiger partial charge on any atom is 0.325 e. The van der Waals surface area contributed by atoms with Crippen molar-refractivity contribution in [3.63, 3.8) is 0 Å². The van der Waals surface area contributed by atoms with Crippen molar-refractivity contribution in [2.45, 2.75) is 25.8 Å². The molecule has 1 aliphatic heterocycles. The van der Waals surface area contributed by atoms with E-state index in [1.54, 1.807) is 13.8 Å². The van der Waals surface area contributed by atoms with E-state index in [0.717, 1.165) is 23.1 Å². The summed E-state index contributed by atoms with van der Waals surface area (Å²) in [4.78, 5) is 48.3. The number of nitrogens with zero attached hydrogens (tertiary/aromatic N) is 1. The number of rotatable bonds is 6. The summed E-state index contributed by atoms with van der Waals surface area (Å²) in [6.45, 7) is 2.29. The molecule has 1 aromatic rings. The second kappa shape index (κ2) is 7.46. The van der Waals surface area contributed by atoms with E-state index in [0.29, 0.717) is 6.42 Å². The van der Waals surface area contributed by atoms with Crippen LogP contribution in [0.4, 0.5) is 19.3 Å². The van der Waals surface area contributed by atoms with Gasteiger partial charge in [-0.2, -0.15) is 0 Å². The largest absolute Gasteiger partial charge is 0.345 e. The van der Waals surface area contributed by atoms with Gasteiger partial charge in [0, 0.05) is 11.8 Å². The van der Waals surface area contributed by atoms with E-state index in [2.05, 4.69) is 16.0 Å². The summed E-state index contributed by atoms with van der Waals surface area (Å²) in [6.07, 6.45) is 0.367. The van der Waals surface area contributed by atoms with Gasteiger partial charge >= 0.3 is 6.03 Å². The molecule has 0 aliphatic carbocycles. The van der Waals surface area contributed by atoms with Crippen molar-refractivity contribution in [1.82, 2.24) is 15.5 Å². The predicted octanol–water partition coefficient (Wildman–Crippen LogP) is 0.740. The van der Waals surface area contributed by atoms with Crippen molar-refractivity contribution in [1.29, 1.82) is 0 Å². The molecule has 10 heteroatoms. The SMILES string of the molecule is CC[C@@]1(C)NC(=O)N(CC(=O)NCC(=O)Nc2ccc(F)c(F)c2)C1=O. The van der Waals surface area contributed by atoms with E-state index in [1.165, 1.54) is 0 Å². The number of anilines is 1. The minimum atomic E-state index is -1.12. The van der Waals surface area contributed by atoms with Crippen LogP contribution >= 0.6 is 0 Å². The molecule has 140 valence electrons. The van der Waals surface area contributed by atoms with Crippen molar-refractivity contribution in [3.05, 3.63) is 29.8 Å². The molecule has 0 radical (unpaired) electrons. The Morgan fingerprint density at radius 2 is 1.88 bits per heavy atom. The zero-order valence-electron chi connectivity index (χ0n) is 14.2. The highest BCUT2D eigenvalue weighted by Crippen LogP contribution is 2.20. The quantitative estimate of drug-likeness (QED) is 0.644. The molecular weight excluding hydrogens is 350 g/mol. The van der Waals surface area contributed by atoms with Gasteiger partial charge in [-0.25, -0.2) is 13.6 Å². The standard InChI is InChI=1S/C16H18F2N4O4/c1-3-16(2)14(25)22(15(26)21-16)8-13(24)19-7-12(23)20-9-4-5-10(17)11(18)6-9/h4-6H,3,7-8H2,1-2H3,(H,19,24)(H,20,23)(H,21,26)/t16-/m1/s1. The van der Waals surface area contributed by atoms with Crippen LogP contribution in [0.5, 0.6) is 0 Å². The number of hydrogen-bond acceptors (Lipinski definition) is 4. The van der Waals surface area contributed by atoms with Crippen molar-refractivity contribution >= 4 is 29.4 Å². The third kappa shape index (κ3) is 4.13.